The number of aromatic hydroxyl groups is 2. The number of phenols is 2. The summed E-state index contributed by atoms with van der Waals surface area (Å²) in [5.41, 5.74) is 1.65. The maximum Gasteiger partial charge on any atom is 0.309 e. The third kappa shape index (κ3) is 6.42. The summed E-state index contributed by atoms with van der Waals surface area (Å²) in [7, 11) is 0. The molecule has 0 radical (unpaired) electrons. The van der Waals surface area contributed by atoms with Crippen molar-refractivity contribution in [1.82, 2.24) is 0 Å². The van der Waals surface area contributed by atoms with Crippen LogP contribution < -0.4 is 4.74 Å². The molecule has 2 aromatic carbocycles. The van der Waals surface area contributed by atoms with Crippen molar-refractivity contribution in [3.05, 3.63) is 53.6 Å². The quantitative estimate of drug-likeness (QED) is 0.252. The highest BCUT2D eigenvalue weighted by Crippen LogP contribution is 2.50. The first-order valence-electron chi connectivity index (χ1n) is 14.3. The van der Waals surface area contributed by atoms with Crippen molar-refractivity contribution in [1.29, 1.82) is 0 Å². The number of ether oxygens (including phenoxy) is 1. The van der Waals surface area contributed by atoms with E-state index in [1.54, 1.807) is 24.3 Å². The van der Waals surface area contributed by atoms with Gasteiger partial charge in [0, 0.05) is 17.4 Å². The monoisotopic (exact) mass is 508 g/mol. The molecule has 0 amide bonds. The van der Waals surface area contributed by atoms with Crippen LogP contribution >= 0.6 is 0 Å². The highest BCUT2D eigenvalue weighted by atomic mass is 16.5. The molecule has 202 valence electrons. The van der Waals surface area contributed by atoms with Crippen molar-refractivity contribution in [2.24, 2.45) is 5.41 Å². The second-order valence-corrected chi connectivity index (χ2v) is 11.7. The highest BCUT2D eigenvalue weighted by molar-refractivity contribution is 5.74. The number of carboxylic acid groups (broad SMARTS) is 1. The second-order valence-electron chi connectivity index (χ2n) is 11.7. The SMILES string of the molecule is CC1(c2ccc(O)cc2)COc2cc(O)ccc2[C@H]1CCCCCCCCCC1(C(=O)O)CCCCC1. The summed E-state index contributed by atoms with van der Waals surface area (Å²) in [6, 6.07) is 13.0. The molecule has 2 atom stereocenters. The Kier molecular flexibility index (Phi) is 9.04. The van der Waals surface area contributed by atoms with E-state index in [1.807, 2.05) is 18.2 Å². The summed E-state index contributed by atoms with van der Waals surface area (Å²) >= 11 is 0. The first-order chi connectivity index (χ1) is 17.8. The number of benzene rings is 2. The number of unbranched alkanes of at least 4 members (excludes halogenated alkanes) is 6. The summed E-state index contributed by atoms with van der Waals surface area (Å²) in [4.78, 5) is 11.9. The van der Waals surface area contributed by atoms with Crippen LogP contribution in [0.25, 0.3) is 0 Å². The first kappa shape index (κ1) is 27.3. The van der Waals surface area contributed by atoms with Gasteiger partial charge in [0.15, 0.2) is 0 Å². The molecule has 4 rings (SSSR count). The van der Waals surface area contributed by atoms with E-state index in [9.17, 15) is 20.1 Å². The Bertz CT molecular complexity index is 1020. The largest absolute Gasteiger partial charge is 0.508 e. The van der Waals surface area contributed by atoms with E-state index in [0.717, 1.165) is 74.7 Å². The van der Waals surface area contributed by atoms with Crippen LogP contribution in [0.4, 0.5) is 0 Å². The van der Waals surface area contributed by atoms with Gasteiger partial charge in [-0.2, -0.15) is 0 Å². The van der Waals surface area contributed by atoms with Gasteiger partial charge in [-0.1, -0.05) is 89.3 Å². The van der Waals surface area contributed by atoms with Crippen LogP contribution in [0.2, 0.25) is 0 Å². The van der Waals surface area contributed by atoms with Gasteiger partial charge in [0.1, 0.15) is 17.2 Å². The van der Waals surface area contributed by atoms with E-state index in [1.165, 1.54) is 32.1 Å². The molecule has 1 aliphatic carbocycles. The van der Waals surface area contributed by atoms with E-state index in [4.69, 9.17) is 4.74 Å². The molecule has 3 N–H and O–H groups in total. The topological polar surface area (TPSA) is 87.0 Å². The lowest BCUT2D eigenvalue weighted by Crippen LogP contribution is -2.40. The number of aliphatic carboxylic acids is 1. The molecule has 2 aromatic rings. The Morgan fingerprint density at radius 3 is 2.16 bits per heavy atom. The summed E-state index contributed by atoms with van der Waals surface area (Å²) in [6.07, 6.45) is 15.0. The van der Waals surface area contributed by atoms with Crippen LogP contribution in [0.1, 0.15) is 114 Å². The maximum absolute atomic E-state index is 11.9. The van der Waals surface area contributed by atoms with Gasteiger partial charge >= 0.3 is 5.97 Å². The number of rotatable bonds is 12. The van der Waals surface area contributed by atoms with Crippen molar-refractivity contribution in [3.8, 4) is 17.2 Å². The van der Waals surface area contributed by atoms with Crippen LogP contribution in [0.3, 0.4) is 0 Å². The smallest absolute Gasteiger partial charge is 0.309 e. The zero-order valence-electron chi connectivity index (χ0n) is 22.4. The standard InChI is InChI=1S/C32H44O5/c1-31(24-13-15-25(33)16-14-24)23-37-29-22-26(34)17-18-27(29)28(31)12-8-5-3-2-4-6-9-19-32(30(35)36)20-10-7-11-21-32/h13-18,22,28,33-34H,2-12,19-21,23H2,1H3,(H,35,36)/t28-,31?/m1/s1. The molecule has 37 heavy (non-hydrogen) atoms. The summed E-state index contributed by atoms with van der Waals surface area (Å²) in [6.45, 7) is 2.78. The minimum Gasteiger partial charge on any atom is -0.508 e. The molecule has 0 bridgehead atoms. The number of hydrogen-bond acceptors (Lipinski definition) is 4. The van der Waals surface area contributed by atoms with Crippen LogP contribution in [-0.4, -0.2) is 27.9 Å². The fraction of sp³-hybridized carbons (Fsp3) is 0.594. The fourth-order valence-electron chi connectivity index (χ4n) is 6.70. The fourth-order valence-corrected chi connectivity index (χ4v) is 6.70. The van der Waals surface area contributed by atoms with Gasteiger partial charge in [-0.3, -0.25) is 4.79 Å². The molecule has 1 heterocycles. The molecule has 0 spiro atoms. The molecular weight excluding hydrogens is 464 g/mol. The molecule has 5 heteroatoms. The average Bonchev–Trinajstić information content (AvgIpc) is 2.89. The molecule has 0 aromatic heterocycles. The maximum atomic E-state index is 11.9. The van der Waals surface area contributed by atoms with E-state index in [0.29, 0.717) is 6.61 Å². The van der Waals surface area contributed by atoms with E-state index < -0.39 is 11.4 Å². The van der Waals surface area contributed by atoms with Gasteiger partial charge in [-0.15, -0.1) is 0 Å². The lowest BCUT2D eigenvalue weighted by Gasteiger charge is -2.43. The summed E-state index contributed by atoms with van der Waals surface area (Å²) in [5, 5.41) is 29.5. The third-order valence-corrected chi connectivity index (χ3v) is 9.11. The van der Waals surface area contributed by atoms with Gasteiger partial charge < -0.3 is 20.1 Å². The first-order valence-corrected chi connectivity index (χ1v) is 14.3. The summed E-state index contributed by atoms with van der Waals surface area (Å²) in [5.74, 6) is 0.963. The zero-order valence-corrected chi connectivity index (χ0v) is 22.4. The molecule has 1 fully saturated rings. The minimum atomic E-state index is -0.573. The minimum absolute atomic E-state index is 0.211. The van der Waals surface area contributed by atoms with Gasteiger partial charge in [0.05, 0.1) is 12.0 Å². The zero-order chi connectivity index (χ0) is 26.3. The van der Waals surface area contributed by atoms with Gasteiger partial charge in [0.25, 0.3) is 0 Å². The number of phenolic OH excluding ortho intramolecular Hbond substituents is 2. The van der Waals surface area contributed by atoms with Crippen molar-refractivity contribution < 1.29 is 24.9 Å². The normalized spacial score (nSPS) is 22.7. The molecule has 0 saturated heterocycles. The number of carboxylic acids is 1. The molecule has 2 aliphatic rings. The molecule has 5 nitrogen and oxygen atoms in total. The molecule has 1 saturated carbocycles. The van der Waals surface area contributed by atoms with Gasteiger partial charge in [-0.05, 0) is 55.0 Å². The number of fused-ring (bicyclic) bond motifs is 1. The predicted octanol–water partition coefficient (Wildman–Crippen LogP) is 8.08. The van der Waals surface area contributed by atoms with Gasteiger partial charge in [-0.25, -0.2) is 0 Å². The Labute approximate surface area is 221 Å². The van der Waals surface area contributed by atoms with Gasteiger partial charge in [0.2, 0.25) is 0 Å². The molecular formula is C32H44O5. The van der Waals surface area contributed by atoms with E-state index in [2.05, 4.69) is 6.92 Å². The van der Waals surface area contributed by atoms with Crippen molar-refractivity contribution in [2.75, 3.05) is 6.61 Å². The third-order valence-electron chi connectivity index (χ3n) is 9.11. The second kappa shape index (κ2) is 12.2. The van der Waals surface area contributed by atoms with Crippen molar-refractivity contribution in [2.45, 2.75) is 108 Å². The lowest BCUT2D eigenvalue weighted by atomic mass is 9.66. The molecule has 1 aliphatic heterocycles. The Balaban J connectivity index is 1.26. The Hall–Kier alpha value is -2.69. The van der Waals surface area contributed by atoms with Crippen molar-refractivity contribution >= 4 is 5.97 Å². The van der Waals surface area contributed by atoms with Crippen LogP contribution in [0.5, 0.6) is 17.2 Å². The Morgan fingerprint density at radius 1 is 0.865 bits per heavy atom. The van der Waals surface area contributed by atoms with Crippen LogP contribution in [-0.2, 0) is 10.2 Å². The van der Waals surface area contributed by atoms with E-state index in [-0.39, 0.29) is 22.8 Å². The van der Waals surface area contributed by atoms with Crippen LogP contribution in [0, 0.1) is 5.41 Å². The average molecular weight is 509 g/mol. The summed E-state index contributed by atoms with van der Waals surface area (Å²) < 4.78 is 6.12. The highest BCUT2D eigenvalue weighted by Gasteiger charge is 2.42. The Morgan fingerprint density at radius 2 is 1.49 bits per heavy atom. The van der Waals surface area contributed by atoms with E-state index >= 15 is 0 Å². The number of hydrogen-bond donors (Lipinski definition) is 3. The number of carbonyl (C=O) groups is 1. The lowest BCUT2D eigenvalue weighted by molar-refractivity contribution is -0.151. The predicted molar refractivity (Wildman–Crippen MR) is 147 cm³/mol. The molecule has 1 unspecified atom stereocenters. The van der Waals surface area contributed by atoms with Crippen molar-refractivity contribution in [3.63, 3.8) is 0 Å². The van der Waals surface area contributed by atoms with Crippen LogP contribution in [0.15, 0.2) is 42.5 Å².